The smallest absolute Gasteiger partial charge is 0.257 e. The Labute approximate surface area is 143 Å². The molecule has 0 fully saturated rings. The summed E-state index contributed by atoms with van der Waals surface area (Å²) in [4.78, 5) is 11.7. The summed E-state index contributed by atoms with van der Waals surface area (Å²) in [5.41, 5.74) is 0. The van der Waals surface area contributed by atoms with Crippen molar-refractivity contribution in [1.82, 2.24) is 5.32 Å². The van der Waals surface area contributed by atoms with Gasteiger partial charge in [-0.3, -0.25) is 4.79 Å². The minimum absolute atomic E-state index is 0.0299. The summed E-state index contributed by atoms with van der Waals surface area (Å²) in [5, 5.41) is 3.80. The Hall–Kier alpha value is -0.930. The average molecular weight is 346 g/mol. The van der Waals surface area contributed by atoms with Gasteiger partial charge in [-0.1, -0.05) is 68.7 Å². The quantitative estimate of drug-likeness (QED) is 0.557. The van der Waals surface area contributed by atoms with Crippen molar-refractivity contribution in [3.8, 4) is 5.75 Å². The molecule has 3 nitrogen and oxygen atoms in total. The molecule has 0 aliphatic carbocycles. The molecule has 0 aliphatic heterocycles. The molecule has 0 atom stereocenters. The minimum Gasteiger partial charge on any atom is -0.482 e. The van der Waals surface area contributed by atoms with Gasteiger partial charge in [0.25, 0.3) is 5.91 Å². The van der Waals surface area contributed by atoms with Crippen LogP contribution < -0.4 is 10.1 Å². The lowest BCUT2D eigenvalue weighted by atomic mass is 10.1. The predicted octanol–water partition coefficient (Wildman–Crippen LogP) is 5.24. The number of carbonyl (C=O) groups excluding carboxylic acids is 1. The van der Waals surface area contributed by atoms with E-state index in [2.05, 4.69) is 12.2 Å². The second-order valence-electron chi connectivity index (χ2n) is 5.33. The fourth-order valence-electron chi connectivity index (χ4n) is 2.10. The molecule has 22 heavy (non-hydrogen) atoms. The van der Waals surface area contributed by atoms with Crippen LogP contribution in [-0.4, -0.2) is 19.1 Å². The molecule has 1 N–H and O–H groups in total. The van der Waals surface area contributed by atoms with Crippen LogP contribution in [0.5, 0.6) is 5.75 Å². The van der Waals surface area contributed by atoms with E-state index in [9.17, 15) is 4.79 Å². The summed E-state index contributed by atoms with van der Waals surface area (Å²) in [5.74, 6) is 0.342. The molecule has 0 saturated carbocycles. The Kier molecular flexibility index (Phi) is 10.1. The van der Waals surface area contributed by atoms with Crippen molar-refractivity contribution in [3.63, 3.8) is 0 Å². The highest BCUT2D eigenvalue weighted by molar-refractivity contribution is 6.35. The molecule has 0 bridgehead atoms. The first-order chi connectivity index (χ1) is 10.6. The largest absolute Gasteiger partial charge is 0.482 e. The van der Waals surface area contributed by atoms with Gasteiger partial charge in [-0.05, 0) is 24.6 Å². The first-order valence-electron chi connectivity index (χ1n) is 7.98. The molecule has 5 heteroatoms. The third-order valence-corrected chi connectivity index (χ3v) is 3.89. The fraction of sp³-hybridized carbons (Fsp3) is 0.588. The monoisotopic (exact) mass is 345 g/mol. The fourth-order valence-corrected chi connectivity index (χ4v) is 2.56. The van der Waals surface area contributed by atoms with Crippen LogP contribution in [0.4, 0.5) is 0 Å². The third-order valence-electron chi connectivity index (χ3n) is 3.36. The summed E-state index contributed by atoms with van der Waals surface area (Å²) in [6, 6.07) is 4.93. The van der Waals surface area contributed by atoms with Crippen LogP contribution in [0.25, 0.3) is 0 Å². The van der Waals surface area contributed by atoms with Gasteiger partial charge in [-0.25, -0.2) is 0 Å². The molecule has 0 aliphatic rings. The summed E-state index contributed by atoms with van der Waals surface area (Å²) in [6.07, 6.45) is 8.62. The average Bonchev–Trinajstić information content (AvgIpc) is 2.49. The molecular weight excluding hydrogens is 321 g/mol. The SMILES string of the molecule is CCCCCCCCCNC(=O)COc1ccc(Cl)cc1Cl. The highest BCUT2D eigenvalue weighted by atomic mass is 35.5. The molecule has 0 unspecified atom stereocenters. The number of halogens is 2. The van der Waals surface area contributed by atoms with Crippen molar-refractivity contribution in [2.75, 3.05) is 13.2 Å². The van der Waals surface area contributed by atoms with Crippen LogP contribution >= 0.6 is 23.2 Å². The molecule has 1 rings (SSSR count). The van der Waals surface area contributed by atoms with Gasteiger partial charge in [0.1, 0.15) is 5.75 Å². The predicted molar refractivity (Wildman–Crippen MR) is 93.0 cm³/mol. The van der Waals surface area contributed by atoms with Crippen molar-refractivity contribution >= 4 is 29.1 Å². The lowest BCUT2D eigenvalue weighted by Crippen LogP contribution is -2.29. The van der Waals surface area contributed by atoms with Crippen molar-refractivity contribution in [1.29, 1.82) is 0 Å². The van der Waals surface area contributed by atoms with E-state index in [-0.39, 0.29) is 12.5 Å². The van der Waals surface area contributed by atoms with E-state index in [0.29, 0.717) is 22.3 Å². The lowest BCUT2D eigenvalue weighted by Gasteiger charge is -2.09. The molecule has 0 radical (unpaired) electrons. The number of ether oxygens (including phenoxy) is 1. The van der Waals surface area contributed by atoms with Gasteiger partial charge in [0.15, 0.2) is 6.61 Å². The third kappa shape index (κ3) is 8.50. The molecular formula is C17H25Cl2NO2. The first-order valence-corrected chi connectivity index (χ1v) is 8.73. The van der Waals surface area contributed by atoms with Crippen LogP contribution in [0.3, 0.4) is 0 Å². The standard InChI is InChI=1S/C17H25Cl2NO2/c1-2-3-4-5-6-7-8-11-20-17(21)13-22-16-10-9-14(18)12-15(16)19/h9-10,12H,2-8,11,13H2,1H3,(H,20,21). The van der Waals surface area contributed by atoms with Crippen LogP contribution in [0.15, 0.2) is 18.2 Å². The topological polar surface area (TPSA) is 38.3 Å². The zero-order valence-corrected chi connectivity index (χ0v) is 14.7. The number of amides is 1. The summed E-state index contributed by atoms with van der Waals surface area (Å²) >= 11 is 11.8. The highest BCUT2D eigenvalue weighted by Gasteiger charge is 2.06. The van der Waals surface area contributed by atoms with E-state index in [1.165, 1.54) is 32.1 Å². The summed E-state index contributed by atoms with van der Waals surface area (Å²) < 4.78 is 5.37. The van der Waals surface area contributed by atoms with Crippen molar-refractivity contribution in [3.05, 3.63) is 28.2 Å². The molecule has 0 heterocycles. The van der Waals surface area contributed by atoms with Crippen LogP contribution in [0.1, 0.15) is 51.9 Å². The van der Waals surface area contributed by atoms with Gasteiger partial charge in [0.2, 0.25) is 0 Å². The van der Waals surface area contributed by atoms with Gasteiger partial charge in [0.05, 0.1) is 5.02 Å². The van der Waals surface area contributed by atoms with Crippen LogP contribution in [0, 0.1) is 0 Å². The Bertz CT molecular complexity index is 452. The maximum atomic E-state index is 11.7. The number of hydrogen-bond donors (Lipinski definition) is 1. The van der Waals surface area contributed by atoms with Crippen LogP contribution in [-0.2, 0) is 4.79 Å². The molecule has 0 saturated heterocycles. The first kappa shape index (κ1) is 19.1. The molecule has 0 spiro atoms. The number of benzene rings is 1. The van der Waals surface area contributed by atoms with Gasteiger partial charge in [0, 0.05) is 11.6 Å². The van der Waals surface area contributed by atoms with E-state index < -0.39 is 0 Å². The van der Waals surface area contributed by atoms with E-state index in [4.69, 9.17) is 27.9 Å². The van der Waals surface area contributed by atoms with E-state index >= 15 is 0 Å². The van der Waals surface area contributed by atoms with Crippen molar-refractivity contribution in [2.45, 2.75) is 51.9 Å². The second kappa shape index (κ2) is 11.6. The zero-order valence-electron chi connectivity index (χ0n) is 13.2. The highest BCUT2D eigenvalue weighted by Crippen LogP contribution is 2.27. The zero-order chi connectivity index (χ0) is 16.2. The molecule has 0 aromatic heterocycles. The summed E-state index contributed by atoms with van der Waals surface area (Å²) in [6.45, 7) is 2.89. The Morgan fingerprint density at radius 3 is 2.45 bits per heavy atom. The van der Waals surface area contributed by atoms with Gasteiger partial charge >= 0.3 is 0 Å². The Morgan fingerprint density at radius 1 is 1.09 bits per heavy atom. The molecule has 124 valence electrons. The maximum absolute atomic E-state index is 11.7. The number of carbonyl (C=O) groups is 1. The minimum atomic E-state index is -0.128. The number of hydrogen-bond acceptors (Lipinski definition) is 2. The molecule has 1 aromatic rings. The molecule has 1 aromatic carbocycles. The Morgan fingerprint density at radius 2 is 1.77 bits per heavy atom. The van der Waals surface area contributed by atoms with Crippen LogP contribution in [0.2, 0.25) is 10.0 Å². The maximum Gasteiger partial charge on any atom is 0.257 e. The summed E-state index contributed by atoms with van der Waals surface area (Å²) in [7, 11) is 0. The second-order valence-corrected chi connectivity index (χ2v) is 6.18. The van der Waals surface area contributed by atoms with Crippen molar-refractivity contribution < 1.29 is 9.53 Å². The van der Waals surface area contributed by atoms with Gasteiger partial charge in [-0.2, -0.15) is 0 Å². The lowest BCUT2D eigenvalue weighted by molar-refractivity contribution is -0.123. The number of nitrogens with one attached hydrogen (secondary N) is 1. The Balaban J connectivity index is 2.06. The van der Waals surface area contributed by atoms with E-state index in [1.54, 1.807) is 18.2 Å². The van der Waals surface area contributed by atoms with Gasteiger partial charge < -0.3 is 10.1 Å². The number of unbranched alkanes of at least 4 members (excludes halogenated alkanes) is 6. The van der Waals surface area contributed by atoms with Gasteiger partial charge in [-0.15, -0.1) is 0 Å². The van der Waals surface area contributed by atoms with Crippen molar-refractivity contribution in [2.24, 2.45) is 0 Å². The van der Waals surface area contributed by atoms with E-state index in [1.807, 2.05) is 0 Å². The van der Waals surface area contributed by atoms with E-state index in [0.717, 1.165) is 12.8 Å². The number of rotatable bonds is 11. The normalized spacial score (nSPS) is 10.5. The molecule has 1 amide bonds.